The molecule has 0 spiro atoms. The topological polar surface area (TPSA) is 72.0 Å². The molecule has 3 rings (SSSR count). The summed E-state index contributed by atoms with van der Waals surface area (Å²) in [7, 11) is 0. The summed E-state index contributed by atoms with van der Waals surface area (Å²) in [6.45, 7) is 2.94. The molecule has 32 heavy (non-hydrogen) atoms. The maximum Gasteiger partial charge on any atom is 0.259 e. The Kier molecular flexibility index (Phi) is 9.13. The van der Waals surface area contributed by atoms with E-state index in [-0.39, 0.29) is 12.5 Å². The van der Waals surface area contributed by atoms with E-state index in [1.165, 1.54) is 0 Å². The first-order valence-electron chi connectivity index (χ1n) is 9.99. The summed E-state index contributed by atoms with van der Waals surface area (Å²) in [5, 5.41) is 7.08. The normalized spacial score (nSPS) is 10.7. The van der Waals surface area contributed by atoms with Crippen molar-refractivity contribution >= 4 is 49.7 Å². The Morgan fingerprint density at radius 2 is 1.78 bits per heavy atom. The van der Waals surface area contributed by atoms with Gasteiger partial charge >= 0.3 is 0 Å². The Hall–Kier alpha value is -2.84. The molecule has 1 amide bonds. The SMILES string of the molecule is CCOc1cc(/C=N\NC(=O)CNc2ccc(Br)cc2)cc(Br)c1OCc1ccccc1. The zero-order chi connectivity index (χ0) is 22.8. The molecule has 0 aliphatic carbocycles. The molecule has 166 valence electrons. The van der Waals surface area contributed by atoms with E-state index in [1.807, 2.05) is 73.7 Å². The van der Waals surface area contributed by atoms with Crippen molar-refractivity contribution in [1.82, 2.24) is 5.43 Å². The van der Waals surface area contributed by atoms with Crippen molar-refractivity contribution in [2.45, 2.75) is 13.5 Å². The Morgan fingerprint density at radius 3 is 2.50 bits per heavy atom. The first-order valence-corrected chi connectivity index (χ1v) is 11.6. The van der Waals surface area contributed by atoms with E-state index >= 15 is 0 Å². The molecule has 0 aliphatic heterocycles. The fraction of sp³-hybridized carbons (Fsp3) is 0.167. The van der Waals surface area contributed by atoms with Crippen molar-refractivity contribution in [2.24, 2.45) is 5.10 Å². The number of nitrogens with one attached hydrogen (secondary N) is 2. The fourth-order valence-electron chi connectivity index (χ4n) is 2.76. The highest BCUT2D eigenvalue weighted by Gasteiger charge is 2.12. The Morgan fingerprint density at radius 1 is 1.03 bits per heavy atom. The largest absolute Gasteiger partial charge is 0.490 e. The number of benzene rings is 3. The number of carbonyl (C=O) groups is 1. The first kappa shape index (κ1) is 23.8. The predicted octanol–water partition coefficient (Wildman–Crippen LogP) is 5.75. The van der Waals surface area contributed by atoms with Crippen molar-refractivity contribution in [1.29, 1.82) is 0 Å². The average molecular weight is 561 g/mol. The number of rotatable bonds is 10. The van der Waals surface area contributed by atoms with Crippen molar-refractivity contribution in [3.05, 3.63) is 86.8 Å². The van der Waals surface area contributed by atoms with Crippen LogP contribution in [0.25, 0.3) is 0 Å². The Labute approximate surface area is 204 Å². The lowest BCUT2D eigenvalue weighted by molar-refractivity contribution is -0.119. The number of hydrogen-bond acceptors (Lipinski definition) is 5. The molecule has 3 aromatic carbocycles. The quantitative estimate of drug-likeness (QED) is 0.244. The van der Waals surface area contributed by atoms with Crippen LogP contribution in [0.4, 0.5) is 5.69 Å². The molecule has 0 saturated carbocycles. The summed E-state index contributed by atoms with van der Waals surface area (Å²) < 4.78 is 13.5. The number of hydrazone groups is 1. The van der Waals surface area contributed by atoms with Gasteiger partial charge in [-0.15, -0.1) is 0 Å². The van der Waals surface area contributed by atoms with Gasteiger partial charge in [0.25, 0.3) is 5.91 Å². The fourth-order valence-corrected chi connectivity index (χ4v) is 3.60. The van der Waals surface area contributed by atoms with Crippen LogP contribution in [0.2, 0.25) is 0 Å². The number of carbonyl (C=O) groups excluding carboxylic acids is 1. The monoisotopic (exact) mass is 559 g/mol. The zero-order valence-electron chi connectivity index (χ0n) is 17.5. The van der Waals surface area contributed by atoms with Gasteiger partial charge in [-0.25, -0.2) is 5.43 Å². The summed E-state index contributed by atoms with van der Waals surface area (Å²) in [6, 6.07) is 21.2. The van der Waals surface area contributed by atoms with Crippen molar-refractivity contribution in [3.63, 3.8) is 0 Å². The van der Waals surface area contributed by atoms with Crippen LogP contribution in [0.15, 0.2) is 80.8 Å². The summed E-state index contributed by atoms with van der Waals surface area (Å²) >= 11 is 6.93. The molecule has 0 radical (unpaired) electrons. The van der Waals surface area contributed by atoms with E-state index in [1.54, 1.807) is 6.21 Å². The first-order chi connectivity index (χ1) is 15.5. The highest BCUT2D eigenvalue weighted by atomic mass is 79.9. The van der Waals surface area contributed by atoms with Crippen molar-refractivity contribution < 1.29 is 14.3 Å². The van der Waals surface area contributed by atoms with E-state index in [2.05, 4.69) is 47.7 Å². The zero-order valence-corrected chi connectivity index (χ0v) is 20.6. The van der Waals surface area contributed by atoms with Crippen LogP contribution < -0.4 is 20.2 Å². The minimum absolute atomic E-state index is 0.110. The van der Waals surface area contributed by atoms with Gasteiger partial charge in [0.2, 0.25) is 0 Å². The van der Waals surface area contributed by atoms with Crippen LogP contribution in [-0.2, 0) is 11.4 Å². The number of nitrogens with zero attached hydrogens (tertiary/aromatic N) is 1. The number of ether oxygens (including phenoxy) is 2. The van der Waals surface area contributed by atoms with Gasteiger partial charge in [0, 0.05) is 10.2 Å². The molecule has 0 bridgehead atoms. The van der Waals surface area contributed by atoms with Crippen molar-refractivity contribution in [3.8, 4) is 11.5 Å². The minimum Gasteiger partial charge on any atom is -0.490 e. The van der Waals surface area contributed by atoms with Gasteiger partial charge in [-0.1, -0.05) is 46.3 Å². The van der Waals surface area contributed by atoms with Gasteiger partial charge in [0.05, 0.1) is 23.8 Å². The van der Waals surface area contributed by atoms with Crippen LogP contribution >= 0.6 is 31.9 Å². The van der Waals surface area contributed by atoms with E-state index in [0.717, 1.165) is 25.8 Å². The molecule has 0 saturated heterocycles. The van der Waals surface area contributed by atoms with Gasteiger partial charge in [0.1, 0.15) is 6.61 Å². The molecule has 0 heterocycles. The molecule has 3 aromatic rings. The number of halogens is 2. The van der Waals surface area contributed by atoms with Gasteiger partial charge in [-0.2, -0.15) is 5.10 Å². The van der Waals surface area contributed by atoms with Gasteiger partial charge in [-0.3, -0.25) is 4.79 Å². The van der Waals surface area contributed by atoms with E-state index in [4.69, 9.17) is 9.47 Å². The Bertz CT molecular complexity index is 1060. The maximum absolute atomic E-state index is 12.0. The van der Waals surface area contributed by atoms with Crippen LogP contribution in [0, 0.1) is 0 Å². The second-order valence-corrected chi connectivity index (χ2v) is 8.46. The lowest BCUT2D eigenvalue weighted by Crippen LogP contribution is -2.25. The van der Waals surface area contributed by atoms with E-state index < -0.39 is 0 Å². The van der Waals surface area contributed by atoms with Crippen molar-refractivity contribution in [2.75, 3.05) is 18.5 Å². The molecular formula is C24H23Br2N3O3. The van der Waals surface area contributed by atoms with Crippen LogP contribution in [0.3, 0.4) is 0 Å². The molecule has 8 heteroatoms. The molecule has 0 atom stereocenters. The summed E-state index contributed by atoms with van der Waals surface area (Å²) in [4.78, 5) is 12.0. The molecule has 0 aromatic heterocycles. The van der Waals surface area contributed by atoms with Crippen LogP contribution in [0.1, 0.15) is 18.1 Å². The Balaban J connectivity index is 1.59. The third kappa shape index (κ3) is 7.39. The minimum atomic E-state index is -0.254. The molecular weight excluding hydrogens is 538 g/mol. The number of amides is 1. The third-order valence-corrected chi connectivity index (χ3v) is 5.38. The third-order valence-electron chi connectivity index (χ3n) is 4.26. The van der Waals surface area contributed by atoms with Gasteiger partial charge in [0.15, 0.2) is 11.5 Å². The summed E-state index contributed by atoms with van der Waals surface area (Å²) in [5.41, 5.74) is 5.19. The van der Waals surface area contributed by atoms with E-state index in [0.29, 0.717) is 24.7 Å². The predicted molar refractivity (Wildman–Crippen MR) is 134 cm³/mol. The highest BCUT2D eigenvalue weighted by Crippen LogP contribution is 2.37. The molecule has 0 unspecified atom stereocenters. The molecule has 0 aliphatic rings. The lowest BCUT2D eigenvalue weighted by atomic mass is 10.2. The highest BCUT2D eigenvalue weighted by molar-refractivity contribution is 9.10. The maximum atomic E-state index is 12.0. The van der Waals surface area contributed by atoms with Gasteiger partial charge in [-0.05, 0) is 70.4 Å². The van der Waals surface area contributed by atoms with Gasteiger partial charge < -0.3 is 14.8 Å². The summed E-state index contributed by atoms with van der Waals surface area (Å²) in [6.07, 6.45) is 1.56. The second-order valence-electron chi connectivity index (χ2n) is 6.69. The van der Waals surface area contributed by atoms with Crippen LogP contribution in [-0.4, -0.2) is 25.3 Å². The van der Waals surface area contributed by atoms with E-state index in [9.17, 15) is 4.79 Å². The lowest BCUT2D eigenvalue weighted by Gasteiger charge is -2.14. The number of hydrogen-bond donors (Lipinski definition) is 2. The standard InChI is InChI=1S/C24H23Br2N3O3/c1-2-31-22-13-18(12-21(26)24(22)32-16-17-6-4-3-5-7-17)14-28-29-23(30)15-27-20-10-8-19(25)9-11-20/h3-14,27H,2,15-16H2,1H3,(H,29,30)/b28-14-. The summed E-state index contributed by atoms with van der Waals surface area (Å²) in [5.74, 6) is 0.967. The smallest absolute Gasteiger partial charge is 0.259 e. The molecule has 6 nitrogen and oxygen atoms in total. The second kappa shape index (κ2) is 12.3. The number of anilines is 1. The van der Waals surface area contributed by atoms with Crippen LogP contribution in [0.5, 0.6) is 11.5 Å². The molecule has 2 N–H and O–H groups in total. The average Bonchev–Trinajstić information content (AvgIpc) is 2.79. The molecule has 0 fully saturated rings.